The minimum absolute atomic E-state index is 0.0903. The van der Waals surface area contributed by atoms with Crippen LogP contribution in [0.4, 0.5) is 13.2 Å². The fourth-order valence-electron chi connectivity index (χ4n) is 4.16. The van der Waals surface area contributed by atoms with Gasteiger partial charge in [-0.1, -0.05) is 6.07 Å². The number of aldehydes is 1. The largest absolute Gasteiger partial charge is 0.493 e. The Balaban J connectivity index is 2.11. The molecular weight excluding hydrogens is 437 g/mol. The number of benzene rings is 2. The van der Waals surface area contributed by atoms with E-state index in [1.54, 1.807) is 31.2 Å². The van der Waals surface area contributed by atoms with Crippen molar-refractivity contribution in [2.24, 2.45) is 0 Å². The second kappa shape index (κ2) is 8.73. The number of aryl methyl sites for hydroxylation is 2. The highest BCUT2D eigenvalue weighted by Gasteiger charge is 2.40. The Morgan fingerprint density at radius 1 is 1.24 bits per heavy atom. The van der Waals surface area contributed by atoms with Crippen molar-refractivity contribution < 1.29 is 32.2 Å². The van der Waals surface area contributed by atoms with Gasteiger partial charge in [0.2, 0.25) is 0 Å². The van der Waals surface area contributed by atoms with Crippen LogP contribution >= 0.6 is 0 Å². The molecule has 2 heterocycles. The van der Waals surface area contributed by atoms with Crippen LogP contribution in [0.1, 0.15) is 34.7 Å². The number of rotatable bonds is 5. The van der Waals surface area contributed by atoms with Gasteiger partial charge in [0.05, 0.1) is 25.0 Å². The number of hydrogen-bond donors (Lipinski definition) is 0. The van der Waals surface area contributed by atoms with Crippen molar-refractivity contribution in [3.63, 3.8) is 0 Å². The van der Waals surface area contributed by atoms with Gasteiger partial charge in [0.15, 0.2) is 0 Å². The van der Waals surface area contributed by atoms with E-state index < -0.39 is 29.2 Å². The molecule has 3 aromatic rings. The molecule has 1 aromatic heterocycles. The Morgan fingerprint density at radius 3 is 2.67 bits per heavy atom. The van der Waals surface area contributed by atoms with Gasteiger partial charge < -0.3 is 14.3 Å². The van der Waals surface area contributed by atoms with Crippen molar-refractivity contribution in [1.82, 2.24) is 9.78 Å². The molecule has 1 atom stereocenters. The maximum Gasteiger partial charge on any atom is 0.416 e. The summed E-state index contributed by atoms with van der Waals surface area (Å²) in [6.07, 6.45) is -1.64. The summed E-state index contributed by atoms with van der Waals surface area (Å²) in [5, 5.41) is 4.25. The lowest BCUT2D eigenvalue weighted by atomic mass is 9.85. The van der Waals surface area contributed by atoms with Crippen LogP contribution in [-0.2, 0) is 26.9 Å². The first-order valence-corrected chi connectivity index (χ1v) is 10.3. The third-order valence-corrected chi connectivity index (χ3v) is 5.69. The molecule has 0 saturated carbocycles. The Labute approximate surface area is 187 Å². The Bertz CT molecular complexity index is 1220. The third kappa shape index (κ3) is 4.10. The molecule has 4 rings (SSSR count). The minimum Gasteiger partial charge on any atom is -0.493 e. The van der Waals surface area contributed by atoms with Gasteiger partial charge >= 0.3 is 12.1 Å². The maximum absolute atomic E-state index is 14.1. The number of nitrogens with zero attached hydrogens (tertiary/aromatic N) is 2. The van der Waals surface area contributed by atoms with Crippen molar-refractivity contribution in [3.05, 3.63) is 65.0 Å². The lowest BCUT2D eigenvalue weighted by Crippen LogP contribution is -2.22. The van der Waals surface area contributed by atoms with Crippen molar-refractivity contribution in [2.75, 3.05) is 13.7 Å². The minimum atomic E-state index is -4.81. The maximum atomic E-state index is 14.1. The molecule has 0 fully saturated rings. The molecule has 0 radical (unpaired) electrons. The van der Waals surface area contributed by atoms with Gasteiger partial charge in [-0.05, 0) is 66.8 Å². The zero-order valence-corrected chi connectivity index (χ0v) is 18.0. The van der Waals surface area contributed by atoms with E-state index in [-0.39, 0.29) is 11.8 Å². The fourth-order valence-corrected chi connectivity index (χ4v) is 4.16. The van der Waals surface area contributed by atoms with E-state index in [9.17, 15) is 22.8 Å². The van der Waals surface area contributed by atoms with E-state index in [1.807, 2.05) is 0 Å². The number of fused-ring (bicyclic) bond motifs is 1. The number of carbonyl (C=O) groups is 2. The SMILES string of the molecule is COC(=O)C(C=O)c1c(C(F)(F)F)ccc(-n2nccc2C)c1-c1ccc2c(c1)CCCO2. The van der Waals surface area contributed by atoms with E-state index in [2.05, 4.69) is 9.84 Å². The molecule has 1 aliphatic heterocycles. The zero-order valence-electron chi connectivity index (χ0n) is 18.0. The van der Waals surface area contributed by atoms with E-state index in [1.165, 1.54) is 16.9 Å². The summed E-state index contributed by atoms with van der Waals surface area (Å²) in [7, 11) is 1.03. The Morgan fingerprint density at radius 2 is 2.03 bits per heavy atom. The highest BCUT2D eigenvalue weighted by atomic mass is 19.4. The van der Waals surface area contributed by atoms with E-state index >= 15 is 0 Å². The Kier molecular flexibility index (Phi) is 5.97. The summed E-state index contributed by atoms with van der Waals surface area (Å²) in [5.74, 6) is -2.19. The molecule has 6 nitrogen and oxygen atoms in total. The molecule has 2 aromatic carbocycles. The molecule has 0 bridgehead atoms. The van der Waals surface area contributed by atoms with Crippen molar-refractivity contribution in [2.45, 2.75) is 31.9 Å². The van der Waals surface area contributed by atoms with Crippen LogP contribution in [0.2, 0.25) is 0 Å². The first kappa shape index (κ1) is 22.6. The molecule has 1 aliphatic rings. The number of ether oxygens (including phenoxy) is 2. The molecular formula is C24H21F3N2O4. The van der Waals surface area contributed by atoms with Gasteiger partial charge in [-0.2, -0.15) is 18.3 Å². The standard InChI is InChI=1S/C24H21F3N2O4/c1-14-9-10-28-29(14)19-7-6-18(24(25,26)27)22(17(13-30)23(31)32-2)21(19)16-5-8-20-15(12-16)4-3-11-33-20/h5-10,12-13,17H,3-4,11H2,1-2H3. The third-order valence-electron chi connectivity index (χ3n) is 5.69. The fraction of sp³-hybridized carbons (Fsp3) is 0.292. The number of hydrogen-bond acceptors (Lipinski definition) is 5. The number of esters is 1. The first-order chi connectivity index (χ1) is 15.8. The number of halogens is 3. The van der Waals surface area contributed by atoms with Crippen molar-refractivity contribution >= 4 is 12.3 Å². The molecule has 33 heavy (non-hydrogen) atoms. The second-order valence-corrected chi connectivity index (χ2v) is 7.71. The molecule has 1 unspecified atom stereocenters. The highest BCUT2D eigenvalue weighted by Crippen LogP contribution is 2.44. The zero-order chi connectivity index (χ0) is 23.8. The quantitative estimate of drug-likeness (QED) is 0.316. The van der Waals surface area contributed by atoms with Crippen LogP contribution < -0.4 is 4.74 Å². The summed E-state index contributed by atoms with van der Waals surface area (Å²) in [5.41, 5.74) is 0.785. The van der Waals surface area contributed by atoms with Gasteiger partial charge in [-0.3, -0.25) is 4.79 Å². The van der Waals surface area contributed by atoms with E-state index in [4.69, 9.17) is 4.74 Å². The monoisotopic (exact) mass is 458 g/mol. The van der Waals surface area contributed by atoms with E-state index in [0.29, 0.717) is 35.7 Å². The summed E-state index contributed by atoms with van der Waals surface area (Å²) in [6, 6.07) is 8.95. The van der Waals surface area contributed by atoms with Crippen LogP contribution in [-0.4, -0.2) is 35.8 Å². The normalized spacial score (nSPS) is 14.2. The summed E-state index contributed by atoms with van der Waals surface area (Å²) in [4.78, 5) is 24.4. The number of carbonyl (C=O) groups excluding carboxylic acids is 2. The second-order valence-electron chi connectivity index (χ2n) is 7.71. The Hall–Kier alpha value is -3.62. The summed E-state index contributed by atoms with van der Waals surface area (Å²) >= 11 is 0. The molecule has 0 saturated heterocycles. The lowest BCUT2D eigenvalue weighted by Gasteiger charge is -2.25. The number of aromatic nitrogens is 2. The van der Waals surface area contributed by atoms with Gasteiger partial charge in [0.25, 0.3) is 0 Å². The van der Waals surface area contributed by atoms with Gasteiger partial charge in [0.1, 0.15) is 18.0 Å². The topological polar surface area (TPSA) is 70.4 Å². The first-order valence-electron chi connectivity index (χ1n) is 10.3. The molecule has 0 amide bonds. The molecule has 0 aliphatic carbocycles. The van der Waals surface area contributed by atoms with Crippen molar-refractivity contribution in [3.8, 4) is 22.6 Å². The molecule has 9 heteroatoms. The highest BCUT2D eigenvalue weighted by molar-refractivity contribution is 5.98. The summed E-state index contributed by atoms with van der Waals surface area (Å²) < 4.78 is 54.2. The van der Waals surface area contributed by atoms with Crippen LogP contribution in [0.5, 0.6) is 5.75 Å². The smallest absolute Gasteiger partial charge is 0.416 e. The average molecular weight is 458 g/mol. The predicted molar refractivity (Wildman–Crippen MR) is 113 cm³/mol. The van der Waals surface area contributed by atoms with Crippen LogP contribution in [0.15, 0.2) is 42.6 Å². The molecule has 0 N–H and O–H groups in total. The van der Waals surface area contributed by atoms with E-state index in [0.717, 1.165) is 25.2 Å². The van der Waals surface area contributed by atoms with Crippen LogP contribution in [0.3, 0.4) is 0 Å². The summed E-state index contributed by atoms with van der Waals surface area (Å²) in [6.45, 7) is 2.32. The molecule has 172 valence electrons. The van der Waals surface area contributed by atoms with Gasteiger partial charge in [-0.25, -0.2) is 4.68 Å². The average Bonchev–Trinajstić information content (AvgIpc) is 3.23. The predicted octanol–water partition coefficient (Wildman–Crippen LogP) is 4.65. The van der Waals surface area contributed by atoms with Gasteiger partial charge in [0, 0.05) is 17.5 Å². The molecule has 0 spiro atoms. The number of methoxy groups -OCH3 is 1. The van der Waals surface area contributed by atoms with Crippen LogP contribution in [0.25, 0.3) is 16.8 Å². The number of alkyl halides is 3. The van der Waals surface area contributed by atoms with Crippen LogP contribution in [0, 0.1) is 6.92 Å². The van der Waals surface area contributed by atoms with Crippen molar-refractivity contribution in [1.29, 1.82) is 0 Å². The van der Waals surface area contributed by atoms with Gasteiger partial charge in [-0.15, -0.1) is 0 Å². The lowest BCUT2D eigenvalue weighted by molar-refractivity contribution is -0.145.